The number of fused-ring (bicyclic) bond motifs is 2. The SMILES string of the molecule is Cc1cccc(C(=O)Nc2ccc3nn(C4CCC(CN5CC[C@H](c6cccc7c6n(C)c(=O)n7C6CCC(=O)NC6=O)[C@@H](F)C5)CC4)cc3c2)n1. The Morgan fingerprint density at radius 3 is 2.58 bits per heavy atom. The first-order chi connectivity index (χ1) is 25.1. The van der Waals surface area contributed by atoms with E-state index in [-0.39, 0.29) is 42.3 Å². The molecule has 12 nitrogen and oxygen atoms in total. The van der Waals surface area contributed by atoms with Crippen LogP contribution in [0.1, 0.15) is 84.7 Å². The summed E-state index contributed by atoms with van der Waals surface area (Å²) in [6, 6.07) is 16.2. The lowest BCUT2D eigenvalue weighted by Crippen LogP contribution is -2.44. The minimum atomic E-state index is -1.09. The predicted octanol–water partition coefficient (Wildman–Crippen LogP) is 5.18. The first kappa shape index (κ1) is 33.9. The third-order valence-electron chi connectivity index (χ3n) is 11.3. The van der Waals surface area contributed by atoms with Crippen molar-refractivity contribution in [2.24, 2.45) is 13.0 Å². The van der Waals surface area contributed by atoms with Crippen LogP contribution in [0.4, 0.5) is 10.1 Å². The molecule has 3 aliphatic rings. The molecule has 2 saturated heterocycles. The molecule has 0 spiro atoms. The van der Waals surface area contributed by atoms with Gasteiger partial charge in [-0.3, -0.25) is 33.5 Å². The fourth-order valence-electron chi connectivity index (χ4n) is 8.61. The summed E-state index contributed by atoms with van der Waals surface area (Å²) in [6.07, 6.45) is 6.11. The van der Waals surface area contributed by atoms with E-state index < -0.39 is 18.1 Å². The molecule has 2 N–H and O–H groups in total. The van der Waals surface area contributed by atoms with E-state index in [1.54, 1.807) is 19.2 Å². The molecule has 3 aromatic heterocycles. The second kappa shape index (κ2) is 13.8. The van der Waals surface area contributed by atoms with Gasteiger partial charge in [-0.05, 0) is 99.9 Å². The van der Waals surface area contributed by atoms with Crippen LogP contribution in [0.5, 0.6) is 0 Å². The van der Waals surface area contributed by atoms with Crippen molar-refractivity contribution in [2.75, 3.05) is 25.0 Å². The molecule has 8 rings (SSSR count). The van der Waals surface area contributed by atoms with Crippen LogP contribution in [0.25, 0.3) is 21.9 Å². The van der Waals surface area contributed by atoms with Gasteiger partial charge in [0.15, 0.2) is 0 Å². The molecule has 13 heteroatoms. The quantitative estimate of drug-likeness (QED) is 0.223. The lowest BCUT2D eigenvalue weighted by Gasteiger charge is -2.38. The molecule has 3 amide bonds. The Morgan fingerprint density at radius 2 is 1.81 bits per heavy atom. The van der Waals surface area contributed by atoms with E-state index in [1.807, 2.05) is 49.4 Å². The standard InChI is InChI=1S/C39H43FN8O4/c1-23-5-3-7-32(41-23)37(50)42-26-11-14-31-25(19-26)21-47(44-31)27-12-9-24(10-13-27)20-46-18-17-28(30(40)22-46)29-6-4-8-33-36(29)45(2)39(52)48(33)34-15-16-35(49)43-38(34)51/h3-8,11,14,19,21,24,27-28,30,34H,9-10,12-13,15-18,20,22H2,1-2H3,(H,42,50)(H,43,49,51)/t24?,27?,28-,30+,34?/m1/s1. The minimum Gasteiger partial charge on any atom is -0.321 e. The number of halogens is 1. The van der Waals surface area contributed by atoms with Crippen LogP contribution in [0.3, 0.4) is 0 Å². The van der Waals surface area contributed by atoms with E-state index in [2.05, 4.69) is 31.4 Å². The van der Waals surface area contributed by atoms with Gasteiger partial charge in [-0.15, -0.1) is 0 Å². The fraction of sp³-hybridized carbons (Fsp3) is 0.436. The van der Waals surface area contributed by atoms with E-state index in [0.29, 0.717) is 41.3 Å². The molecular formula is C39H43FN8O4. The highest BCUT2D eigenvalue weighted by atomic mass is 19.1. The monoisotopic (exact) mass is 706 g/mol. The Bertz CT molecular complexity index is 2250. The largest absolute Gasteiger partial charge is 0.329 e. The smallest absolute Gasteiger partial charge is 0.321 e. The van der Waals surface area contributed by atoms with Crippen LogP contribution < -0.4 is 16.3 Å². The van der Waals surface area contributed by atoms with E-state index in [1.165, 1.54) is 9.13 Å². The van der Waals surface area contributed by atoms with E-state index in [4.69, 9.17) is 5.10 Å². The number of para-hydroxylation sites is 1. The van der Waals surface area contributed by atoms with Crippen molar-refractivity contribution in [2.45, 2.75) is 76.0 Å². The number of aromatic nitrogens is 5. The van der Waals surface area contributed by atoms with Crippen molar-refractivity contribution in [1.29, 1.82) is 0 Å². The van der Waals surface area contributed by atoms with Crippen molar-refractivity contribution in [1.82, 2.24) is 34.1 Å². The van der Waals surface area contributed by atoms with E-state index in [9.17, 15) is 19.2 Å². The Labute approximate surface area is 300 Å². The zero-order valence-corrected chi connectivity index (χ0v) is 29.4. The molecular weight excluding hydrogens is 663 g/mol. The molecule has 1 aliphatic carbocycles. The van der Waals surface area contributed by atoms with Gasteiger partial charge in [-0.25, -0.2) is 14.2 Å². The average Bonchev–Trinajstić information content (AvgIpc) is 3.66. The summed E-state index contributed by atoms with van der Waals surface area (Å²) in [5.74, 6) is -0.941. The van der Waals surface area contributed by atoms with Crippen LogP contribution in [0.2, 0.25) is 0 Å². The number of nitrogens with zero attached hydrogens (tertiary/aromatic N) is 6. The van der Waals surface area contributed by atoms with Gasteiger partial charge in [0.2, 0.25) is 11.8 Å². The van der Waals surface area contributed by atoms with Crippen LogP contribution in [0.15, 0.2) is 65.6 Å². The molecule has 5 heterocycles. The van der Waals surface area contributed by atoms with Crippen molar-refractivity contribution >= 4 is 45.3 Å². The number of rotatable bonds is 7. The summed E-state index contributed by atoms with van der Waals surface area (Å²) in [6.45, 7) is 3.82. The van der Waals surface area contributed by atoms with Crippen molar-refractivity contribution in [3.05, 3.63) is 88.2 Å². The first-order valence-corrected chi connectivity index (χ1v) is 18.3. The molecule has 1 saturated carbocycles. The van der Waals surface area contributed by atoms with E-state index in [0.717, 1.165) is 60.9 Å². The number of benzene rings is 2. The number of amides is 3. The summed E-state index contributed by atoms with van der Waals surface area (Å²) in [7, 11) is 1.67. The molecule has 2 aromatic carbocycles. The number of carbonyl (C=O) groups is 3. The molecule has 5 aromatic rings. The summed E-state index contributed by atoms with van der Waals surface area (Å²) in [5, 5.41) is 11.1. The molecule has 0 bridgehead atoms. The summed E-state index contributed by atoms with van der Waals surface area (Å²) >= 11 is 0. The Kier molecular flexibility index (Phi) is 8.98. The minimum absolute atomic E-state index is 0.169. The molecule has 52 heavy (non-hydrogen) atoms. The highest BCUT2D eigenvalue weighted by Gasteiger charge is 2.36. The maximum atomic E-state index is 16.1. The van der Waals surface area contributed by atoms with Gasteiger partial charge in [-0.2, -0.15) is 5.10 Å². The highest BCUT2D eigenvalue weighted by molar-refractivity contribution is 6.04. The third-order valence-corrected chi connectivity index (χ3v) is 11.3. The van der Waals surface area contributed by atoms with Crippen LogP contribution in [0, 0.1) is 12.8 Å². The summed E-state index contributed by atoms with van der Waals surface area (Å²) in [4.78, 5) is 57.1. The lowest BCUT2D eigenvalue weighted by molar-refractivity contribution is -0.135. The molecule has 3 atom stereocenters. The van der Waals surface area contributed by atoms with Gasteiger partial charge in [0, 0.05) is 55.4 Å². The predicted molar refractivity (Wildman–Crippen MR) is 195 cm³/mol. The number of likely N-dealkylation sites (tertiary alicyclic amines) is 1. The zero-order chi connectivity index (χ0) is 36.1. The zero-order valence-electron chi connectivity index (χ0n) is 29.4. The number of alkyl halides is 1. The fourth-order valence-corrected chi connectivity index (χ4v) is 8.61. The second-order valence-electron chi connectivity index (χ2n) is 14.7. The number of imide groups is 1. The number of imidazole rings is 1. The number of carbonyl (C=O) groups excluding carboxylic acids is 3. The molecule has 2 aliphatic heterocycles. The van der Waals surface area contributed by atoms with Gasteiger partial charge in [0.25, 0.3) is 5.91 Å². The average molecular weight is 707 g/mol. The Balaban J connectivity index is 0.880. The normalized spacial score (nSPS) is 24.3. The van der Waals surface area contributed by atoms with Gasteiger partial charge in [0.1, 0.15) is 17.9 Å². The van der Waals surface area contributed by atoms with Crippen molar-refractivity contribution in [3.63, 3.8) is 0 Å². The number of hydrogen-bond acceptors (Lipinski definition) is 7. The summed E-state index contributed by atoms with van der Waals surface area (Å²) in [5.41, 5.74) is 4.45. The molecule has 270 valence electrons. The van der Waals surface area contributed by atoms with Crippen LogP contribution in [-0.2, 0) is 16.6 Å². The number of nitrogens with one attached hydrogen (secondary N) is 2. The Morgan fingerprint density at radius 1 is 1.00 bits per heavy atom. The first-order valence-electron chi connectivity index (χ1n) is 18.3. The van der Waals surface area contributed by atoms with Crippen molar-refractivity contribution in [3.8, 4) is 0 Å². The number of hydrogen-bond donors (Lipinski definition) is 2. The number of piperidine rings is 2. The van der Waals surface area contributed by atoms with Gasteiger partial charge in [0.05, 0.1) is 22.6 Å². The number of aryl methyl sites for hydroxylation is 2. The summed E-state index contributed by atoms with van der Waals surface area (Å²) < 4.78 is 21.1. The third kappa shape index (κ3) is 6.42. The lowest BCUT2D eigenvalue weighted by atomic mass is 9.83. The van der Waals surface area contributed by atoms with Crippen molar-refractivity contribution < 1.29 is 18.8 Å². The maximum Gasteiger partial charge on any atom is 0.329 e. The highest BCUT2D eigenvalue weighted by Crippen LogP contribution is 2.38. The Hall–Kier alpha value is -5.17. The van der Waals surface area contributed by atoms with Gasteiger partial charge >= 0.3 is 5.69 Å². The van der Waals surface area contributed by atoms with Gasteiger partial charge in [-0.1, -0.05) is 18.2 Å². The molecule has 3 fully saturated rings. The maximum absolute atomic E-state index is 16.1. The van der Waals surface area contributed by atoms with Crippen LogP contribution in [-0.4, -0.2) is 72.3 Å². The van der Waals surface area contributed by atoms with E-state index >= 15 is 4.39 Å². The number of pyridine rings is 1. The second-order valence-corrected chi connectivity index (χ2v) is 14.7. The van der Waals surface area contributed by atoms with Gasteiger partial charge < -0.3 is 10.2 Å². The molecule has 1 unspecified atom stereocenters. The number of anilines is 1. The van der Waals surface area contributed by atoms with Crippen LogP contribution >= 0.6 is 0 Å². The topological polar surface area (TPSA) is 136 Å². The molecule has 0 radical (unpaired) electrons.